The zero-order valence-electron chi connectivity index (χ0n) is 20.3. The van der Waals surface area contributed by atoms with Gasteiger partial charge in [0.1, 0.15) is 29.7 Å². The van der Waals surface area contributed by atoms with E-state index in [4.69, 9.17) is 14.7 Å². The number of nitrogens with one attached hydrogen (secondary N) is 2. The van der Waals surface area contributed by atoms with Gasteiger partial charge in [-0.15, -0.1) is 0 Å². The van der Waals surface area contributed by atoms with Crippen LogP contribution in [0.5, 0.6) is 5.75 Å². The van der Waals surface area contributed by atoms with Gasteiger partial charge in [0.25, 0.3) is 0 Å². The van der Waals surface area contributed by atoms with E-state index in [0.29, 0.717) is 35.2 Å². The standard InChI is InChI=1S/C28H21N9O/c1-17-14-37(16-31-17)28-25-22(9-10-30-28)33-27(34-25)26-24-23(35-36-26)8-7-21(32-24)19-11-20(13-29-12-19)38-15-18-5-3-2-4-6-18/h2-14,16H,15H2,1H3,(H,33,34)(H,35,36). The van der Waals surface area contributed by atoms with Crippen LogP contribution in [0.1, 0.15) is 11.3 Å². The van der Waals surface area contributed by atoms with E-state index in [2.05, 4.69) is 30.1 Å². The highest BCUT2D eigenvalue weighted by Gasteiger charge is 2.17. The summed E-state index contributed by atoms with van der Waals surface area (Å²) in [7, 11) is 0. The normalized spacial score (nSPS) is 11.4. The number of ether oxygens (including phenoxy) is 1. The molecule has 0 radical (unpaired) electrons. The SMILES string of the molecule is Cc1cn(-c2nccc3[nH]c(-c4n[nH]c5ccc(-c6cncc(OCc7ccccc7)c6)nc45)nc23)cn1. The fourth-order valence-electron chi connectivity index (χ4n) is 4.36. The third-order valence-electron chi connectivity index (χ3n) is 6.23. The molecule has 0 saturated heterocycles. The van der Waals surface area contributed by atoms with E-state index in [1.165, 1.54) is 0 Å². The molecule has 7 rings (SSSR count). The highest BCUT2D eigenvalue weighted by molar-refractivity contribution is 5.92. The summed E-state index contributed by atoms with van der Waals surface area (Å²) >= 11 is 0. The highest BCUT2D eigenvalue weighted by atomic mass is 16.5. The Morgan fingerprint density at radius 2 is 1.84 bits per heavy atom. The molecule has 10 nitrogen and oxygen atoms in total. The Bertz CT molecular complexity index is 1900. The molecule has 6 aromatic heterocycles. The van der Waals surface area contributed by atoms with Gasteiger partial charge in [0.15, 0.2) is 17.3 Å². The first-order valence-corrected chi connectivity index (χ1v) is 12.0. The first-order chi connectivity index (χ1) is 18.7. The molecule has 0 bridgehead atoms. The van der Waals surface area contributed by atoms with Crippen molar-refractivity contribution in [2.24, 2.45) is 0 Å². The lowest BCUT2D eigenvalue weighted by Gasteiger charge is -2.08. The number of pyridine rings is 3. The van der Waals surface area contributed by atoms with Crippen LogP contribution in [0.15, 0.2) is 85.7 Å². The quantitative estimate of drug-likeness (QED) is 0.329. The predicted octanol–water partition coefficient (Wildman–Crippen LogP) is 5.03. The van der Waals surface area contributed by atoms with Gasteiger partial charge in [0.2, 0.25) is 0 Å². The maximum absolute atomic E-state index is 5.97. The number of hydrogen-bond acceptors (Lipinski definition) is 7. The van der Waals surface area contributed by atoms with E-state index < -0.39 is 0 Å². The first kappa shape index (κ1) is 21.9. The molecule has 0 amide bonds. The summed E-state index contributed by atoms with van der Waals surface area (Å²) in [5.74, 6) is 1.96. The molecule has 0 spiro atoms. The average Bonchev–Trinajstić information content (AvgIpc) is 3.70. The second-order valence-corrected chi connectivity index (χ2v) is 8.89. The number of imidazole rings is 2. The Balaban J connectivity index is 1.24. The summed E-state index contributed by atoms with van der Waals surface area (Å²) in [4.78, 5) is 26.3. The van der Waals surface area contributed by atoms with Crippen molar-refractivity contribution >= 4 is 22.1 Å². The molecular weight excluding hydrogens is 478 g/mol. The maximum atomic E-state index is 5.97. The summed E-state index contributed by atoms with van der Waals surface area (Å²) < 4.78 is 7.83. The smallest absolute Gasteiger partial charge is 0.166 e. The summed E-state index contributed by atoms with van der Waals surface area (Å²) in [6, 6.07) is 17.7. The Kier molecular flexibility index (Phi) is 5.14. The van der Waals surface area contributed by atoms with Crippen LogP contribution in [0.25, 0.3) is 50.7 Å². The largest absolute Gasteiger partial charge is 0.487 e. The molecule has 184 valence electrons. The van der Waals surface area contributed by atoms with Crippen molar-refractivity contribution in [3.05, 3.63) is 97.0 Å². The van der Waals surface area contributed by atoms with Gasteiger partial charge >= 0.3 is 0 Å². The van der Waals surface area contributed by atoms with E-state index >= 15 is 0 Å². The van der Waals surface area contributed by atoms with Crippen molar-refractivity contribution in [2.75, 3.05) is 0 Å². The van der Waals surface area contributed by atoms with Gasteiger partial charge in [-0.1, -0.05) is 30.3 Å². The lowest BCUT2D eigenvalue weighted by atomic mass is 10.1. The molecule has 0 aliphatic rings. The number of nitrogens with zero attached hydrogens (tertiary/aromatic N) is 7. The highest BCUT2D eigenvalue weighted by Crippen LogP contribution is 2.29. The van der Waals surface area contributed by atoms with Crippen LogP contribution in [0.2, 0.25) is 0 Å². The second kappa shape index (κ2) is 8.93. The predicted molar refractivity (Wildman–Crippen MR) is 143 cm³/mol. The summed E-state index contributed by atoms with van der Waals surface area (Å²) in [6.07, 6.45) is 8.87. The number of aromatic amines is 2. The van der Waals surface area contributed by atoms with Crippen molar-refractivity contribution in [2.45, 2.75) is 13.5 Å². The van der Waals surface area contributed by atoms with Gasteiger partial charge in [-0.05, 0) is 36.8 Å². The molecule has 2 N–H and O–H groups in total. The Hall–Kier alpha value is -5.38. The third kappa shape index (κ3) is 3.94. The van der Waals surface area contributed by atoms with Crippen molar-refractivity contribution in [1.82, 2.24) is 44.7 Å². The minimum atomic E-state index is 0.464. The zero-order chi connectivity index (χ0) is 25.5. The van der Waals surface area contributed by atoms with Crippen molar-refractivity contribution in [1.29, 1.82) is 0 Å². The molecule has 0 aliphatic carbocycles. The van der Waals surface area contributed by atoms with E-state index in [-0.39, 0.29) is 0 Å². The summed E-state index contributed by atoms with van der Waals surface area (Å²) in [6.45, 7) is 2.40. The van der Waals surface area contributed by atoms with E-state index in [0.717, 1.165) is 39.1 Å². The van der Waals surface area contributed by atoms with Crippen LogP contribution in [0.4, 0.5) is 0 Å². The Morgan fingerprint density at radius 3 is 2.71 bits per heavy atom. The van der Waals surface area contributed by atoms with Crippen molar-refractivity contribution in [3.63, 3.8) is 0 Å². The summed E-state index contributed by atoms with van der Waals surface area (Å²) in [5, 5.41) is 7.59. The van der Waals surface area contributed by atoms with Crippen molar-refractivity contribution in [3.8, 4) is 34.3 Å². The molecule has 7 aromatic rings. The van der Waals surface area contributed by atoms with Crippen LogP contribution in [0.3, 0.4) is 0 Å². The molecule has 0 aliphatic heterocycles. The molecule has 0 unspecified atom stereocenters. The van der Waals surface area contributed by atoms with Crippen LogP contribution >= 0.6 is 0 Å². The number of fused-ring (bicyclic) bond motifs is 2. The fraction of sp³-hybridized carbons (Fsp3) is 0.0714. The number of H-pyrrole nitrogens is 2. The zero-order valence-corrected chi connectivity index (χ0v) is 20.3. The molecule has 38 heavy (non-hydrogen) atoms. The fourth-order valence-corrected chi connectivity index (χ4v) is 4.36. The number of hydrogen-bond donors (Lipinski definition) is 2. The Labute approximate surface area is 216 Å². The molecule has 0 saturated carbocycles. The molecule has 0 fully saturated rings. The Morgan fingerprint density at radius 1 is 0.921 bits per heavy atom. The molecule has 6 heterocycles. The van der Waals surface area contributed by atoms with E-state index in [1.807, 2.05) is 72.3 Å². The van der Waals surface area contributed by atoms with Gasteiger partial charge in [0.05, 0.1) is 28.6 Å². The first-order valence-electron chi connectivity index (χ1n) is 12.0. The summed E-state index contributed by atoms with van der Waals surface area (Å²) in [5.41, 5.74) is 7.28. The minimum Gasteiger partial charge on any atom is -0.487 e. The van der Waals surface area contributed by atoms with E-state index in [1.54, 1.807) is 24.9 Å². The third-order valence-corrected chi connectivity index (χ3v) is 6.23. The van der Waals surface area contributed by atoms with Crippen LogP contribution in [0, 0.1) is 6.92 Å². The van der Waals surface area contributed by atoms with Crippen molar-refractivity contribution < 1.29 is 4.74 Å². The minimum absolute atomic E-state index is 0.464. The number of aromatic nitrogens is 9. The van der Waals surface area contributed by atoms with Crippen LogP contribution in [-0.4, -0.2) is 44.7 Å². The van der Waals surface area contributed by atoms with E-state index in [9.17, 15) is 0 Å². The number of rotatable bonds is 6. The topological polar surface area (TPSA) is 123 Å². The monoisotopic (exact) mass is 499 g/mol. The number of aryl methyl sites for hydroxylation is 1. The molecule has 1 aromatic carbocycles. The van der Waals surface area contributed by atoms with Crippen LogP contribution < -0.4 is 4.74 Å². The molecule has 0 atom stereocenters. The maximum Gasteiger partial charge on any atom is 0.166 e. The van der Waals surface area contributed by atoms with Gasteiger partial charge < -0.3 is 9.72 Å². The lowest BCUT2D eigenvalue weighted by molar-refractivity contribution is 0.305. The average molecular weight is 500 g/mol. The van der Waals surface area contributed by atoms with Crippen LogP contribution in [-0.2, 0) is 6.61 Å². The van der Waals surface area contributed by atoms with Gasteiger partial charge in [-0.25, -0.2) is 19.9 Å². The molecular formula is C28H21N9O. The van der Waals surface area contributed by atoms with Gasteiger partial charge in [-0.3, -0.25) is 14.6 Å². The van der Waals surface area contributed by atoms with Gasteiger partial charge in [-0.2, -0.15) is 5.10 Å². The van der Waals surface area contributed by atoms with Gasteiger partial charge in [0, 0.05) is 24.2 Å². The molecule has 10 heteroatoms. The second-order valence-electron chi connectivity index (χ2n) is 8.89. The lowest BCUT2D eigenvalue weighted by Crippen LogP contribution is -1.96. The number of benzene rings is 1.